The van der Waals surface area contributed by atoms with E-state index in [9.17, 15) is 8.42 Å². The van der Waals surface area contributed by atoms with E-state index in [2.05, 4.69) is 21.8 Å². The minimum Gasteiger partial charge on any atom is -0.306 e. The van der Waals surface area contributed by atoms with Crippen molar-refractivity contribution in [3.05, 3.63) is 41.7 Å². The topological polar surface area (TPSA) is 67.2 Å². The number of likely N-dealkylation sites (tertiary alicyclic amines) is 1. The molecule has 6 nitrogen and oxygen atoms in total. The molecule has 3 rings (SSSR count). The average molecular weight is 348 g/mol. The maximum Gasteiger partial charge on any atom is 0.244 e. The summed E-state index contributed by atoms with van der Waals surface area (Å²) in [5.41, 5.74) is 2.02. The molecular formula is C17H24N4O2S. The van der Waals surface area contributed by atoms with Crippen molar-refractivity contribution in [2.24, 2.45) is 0 Å². The zero-order chi connectivity index (χ0) is 17.3. The Balaban J connectivity index is 1.90. The fraction of sp³-hybridized carbons (Fsp3) is 0.471. The third-order valence-electron chi connectivity index (χ3n) is 4.53. The van der Waals surface area contributed by atoms with E-state index in [1.165, 1.54) is 0 Å². The molecule has 0 aliphatic carbocycles. The molecule has 24 heavy (non-hydrogen) atoms. The van der Waals surface area contributed by atoms with Crippen LogP contribution in [0.2, 0.25) is 0 Å². The van der Waals surface area contributed by atoms with Crippen LogP contribution in [0, 0.1) is 13.8 Å². The molecule has 0 atom stereocenters. The Kier molecular flexibility index (Phi) is 4.76. The van der Waals surface area contributed by atoms with Gasteiger partial charge in [0, 0.05) is 6.04 Å². The number of aryl methyl sites for hydroxylation is 1. The van der Waals surface area contributed by atoms with Crippen LogP contribution in [0.4, 0.5) is 0 Å². The van der Waals surface area contributed by atoms with E-state index >= 15 is 0 Å². The van der Waals surface area contributed by atoms with Gasteiger partial charge in [-0.3, -0.25) is 0 Å². The van der Waals surface area contributed by atoms with E-state index in [-0.39, 0.29) is 6.04 Å². The van der Waals surface area contributed by atoms with Crippen molar-refractivity contribution in [2.75, 3.05) is 20.1 Å². The minimum absolute atomic E-state index is 0.00919. The molecule has 0 bridgehead atoms. The summed E-state index contributed by atoms with van der Waals surface area (Å²) < 4.78 is 30.3. The van der Waals surface area contributed by atoms with Gasteiger partial charge in [-0.2, -0.15) is 5.10 Å². The number of para-hydroxylation sites is 1. The van der Waals surface area contributed by atoms with Crippen molar-refractivity contribution in [1.29, 1.82) is 0 Å². The summed E-state index contributed by atoms with van der Waals surface area (Å²) in [5, 5.41) is 4.44. The van der Waals surface area contributed by atoms with Crippen LogP contribution in [0.5, 0.6) is 0 Å². The van der Waals surface area contributed by atoms with Crippen LogP contribution in [0.1, 0.15) is 24.2 Å². The number of piperidine rings is 1. The normalized spacial score (nSPS) is 17.3. The number of rotatable bonds is 4. The second kappa shape index (κ2) is 6.66. The van der Waals surface area contributed by atoms with Crippen LogP contribution in [-0.2, 0) is 10.0 Å². The zero-order valence-corrected chi connectivity index (χ0v) is 15.2. The molecule has 0 unspecified atom stereocenters. The average Bonchev–Trinajstić information content (AvgIpc) is 2.85. The molecule has 7 heteroatoms. The van der Waals surface area contributed by atoms with Gasteiger partial charge in [0.25, 0.3) is 0 Å². The largest absolute Gasteiger partial charge is 0.306 e. The van der Waals surface area contributed by atoms with Gasteiger partial charge in [-0.1, -0.05) is 18.2 Å². The van der Waals surface area contributed by atoms with Crippen LogP contribution in [0.3, 0.4) is 0 Å². The number of nitrogens with zero attached hydrogens (tertiary/aromatic N) is 3. The highest BCUT2D eigenvalue weighted by Crippen LogP contribution is 2.23. The van der Waals surface area contributed by atoms with Crippen LogP contribution in [0.25, 0.3) is 5.69 Å². The summed E-state index contributed by atoms with van der Waals surface area (Å²) in [7, 11) is -1.52. The summed E-state index contributed by atoms with van der Waals surface area (Å²) in [5.74, 6) is 0. The summed E-state index contributed by atoms with van der Waals surface area (Å²) in [6.45, 7) is 5.37. The van der Waals surface area contributed by atoms with Crippen molar-refractivity contribution in [2.45, 2.75) is 37.6 Å². The number of benzene rings is 1. The van der Waals surface area contributed by atoms with E-state index in [1.54, 1.807) is 18.5 Å². The Bertz CT molecular complexity index is 807. The number of hydrogen-bond donors (Lipinski definition) is 1. The van der Waals surface area contributed by atoms with Crippen LogP contribution >= 0.6 is 0 Å². The zero-order valence-electron chi connectivity index (χ0n) is 14.4. The third kappa shape index (κ3) is 3.38. The van der Waals surface area contributed by atoms with Gasteiger partial charge in [0.2, 0.25) is 10.0 Å². The molecule has 0 spiro atoms. The van der Waals surface area contributed by atoms with Crippen LogP contribution < -0.4 is 4.72 Å². The van der Waals surface area contributed by atoms with E-state index in [0.29, 0.717) is 16.3 Å². The number of aromatic nitrogens is 2. The first-order valence-corrected chi connectivity index (χ1v) is 9.69. The quantitative estimate of drug-likeness (QED) is 0.916. The molecule has 1 aromatic heterocycles. The second-order valence-electron chi connectivity index (χ2n) is 6.45. The molecule has 0 radical (unpaired) electrons. The molecule has 1 saturated heterocycles. The maximum atomic E-state index is 12.9. The Labute approximate surface area is 143 Å². The van der Waals surface area contributed by atoms with Crippen LogP contribution in [0.15, 0.2) is 35.2 Å². The molecule has 1 aromatic carbocycles. The lowest BCUT2D eigenvalue weighted by Crippen LogP contribution is -2.43. The maximum absolute atomic E-state index is 12.9. The first-order valence-electron chi connectivity index (χ1n) is 8.21. The van der Waals surface area contributed by atoms with Crippen LogP contribution in [-0.4, -0.2) is 49.3 Å². The van der Waals surface area contributed by atoms with Gasteiger partial charge in [0.15, 0.2) is 0 Å². The molecule has 2 heterocycles. The summed E-state index contributed by atoms with van der Waals surface area (Å²) in [6.07, 6.45) is 1.67. The molecule has 2 aromatic rings. The standard InChI is InChI=1S/C17H24N4O2S/c1-13-17(14(2)21(18-13)16-7-5-4-6-8-16)24(22,23)19-15-9-11-20(3)12-10-15/h4-8,15,19H,9-12H2,1-3H3. The molecule has 130 valence electrons. The second-order valence-corrected chi connectivity index (χ2v) is 8.10. The Morgan fingerprint density at radius 3 is 2.38 bits per heavy atom. The molecule has 1 aliphatic rings. The summed E-state index contributed by atoms with van der Waals surface area (Å²) >= 11 is 0. The predicted molar refractivity (Wildman–Crippen MR) is 93.9 cm³/mol. The lowest BCUT2D eigenvalue weighted by atomic mass is 10.1. The van der Waals surface area contributed by atoms with E-state index in [1.807, 2.05) is 30.3 Å². The van der Waals surface area contributed by atoms with E-state index in [0.717, 1.165) is 31.6 Å². The smallest absolute Gasteiger partial charge is 0.244 e. The third-order valence-corrected chi connectivity index (χ3v) is 6.31. The summed E-state index contributed by atoms with van der Waals surface area (Å²) in [6, 6.07) is 9.58. The Morgan fingerprint density at radius 2 is 1.75 bits per heavy atom. The number of sulfonamides is 1. The molecule has 0 amide bonds. The monoisotopic (exact) mass is 348 g/mol. The van der Waals surface area contributed by atoms with Gasteiger partial charge in [-0.05, 0) is 59.0 Å². The molecule has 0 saturated carbocycles. The van der Waals surface area contributed by atoms with Crippen molar-refractivity contribution in [1.82, 2.24) is 19.4 Å². The minimum atomic E-state index is -3.58. The van der Waals surface area contributed by atoms with Crippen molar-refractivity contribution in [3.8, 4) is 5.69 Å². The van der Waals surface area contributed by atoms with E-state index in [4.69, 9.17) is 0 Å². The Morgan fingerprint density at radius 1 is 1.12 bits per heavy atom. The SMILES string of the molecule is Cc1nn(-c2ccccc2)c(C)c1S(=O)(=O)NC1CCN(C)CC1. The molecule has 1 aliphatic heterocycles. The van der Waals surface area contributed by atoms with Crippen molar-refractivity contribution in [3.63, 3.8) is 0 Å². The number of hydrogen-bond acceptors (Lipinski definition) is 4. The number of nitrogens with one attached hydrogen (secondary N) is 1. The lowest BCUT2D eigenvalue weighted by Gasteiger charge is -2.29. The van der Waals surface area contributed by atoms with Gasteiger partial charge in [0.05, 0.1) is 17.1 Å². The highest BCUT2D eigenvalue weighted by Gasteiger charge is 2.29. The highest BCUT2D eigenvalue weighted by molar-refractivity contribution is 7.89. The van der Waals surface area contributed by atoms with Gasteiger partial charge < -0.3 is 4.90 Å². The highest BCUT2D eigenvalue weighted by atomic mass is 32.2. The van der Waals surface area contributed by atoms with Gasteiger partial charge in [-0.15, -0.1) is 0 Å². The molecular weight excluding hydrogens is 324 g/mol. The Hall–Kier alpha value is -1.70. The van der Waals surface area contributed by atoms with Gasteiger partial charge in [-0.25, -0.2) is 17.8 Å². The summed E-state index contributed by atoms with van der Waals surface area (Å²) in [4.78, 5) is 2.51. The molecule has 1 N–H and O–H groups in total. The lowest BCUT2D eigenvalue weighted by molar-refractivity contribution is 0.248. The predicted octanol–water partition coefficient (Wildman–Crippen LogP) is 1.86. The fourth-order valence-electron chi connectivity index (χ4n) is 3.24. The fourth-order valence-corrected chi connectivity index (χ4v) is 4.94. The van der Waals surface area contributed by atoms with E-state index < -0.39 is 10.0 Å². The van der Waals surface area contributed by atoms with Crippen molar-refractivity contribution >= 4 is 10.0 Å². The molecule has 1 fully saturated rings. The first kappa shape index (κ1) is 17.1. The van der Waals surface area contributed by atoms with Gasteiger partial charge in [0.1, 0.15) is 4.90 Å². The van der Waals surface area contributed by atoms with Crippen molar-refractivity contribution < 1.29 is 8.42 Å². The van der Waals surface area contributed by atoms with Gasteiger partial charge >= 0.3 is 0 Å². The first-order chi connectivity index (χ1) is 11.4.